The van der Waals surface area contributed by atoms with E-state index < -0.39 is 0 Å². The molecular weight excluding hydrogens is 318 g/mol. The van der Waals surface area contributed by atoms with Gasteiger partial charge in [0.25, 0.3) is 0 Å². The van der Waals surface area contributed by atoms with E-state index in [4.69, 9.17) is 0 Å². The van der Waals surface area contributed by atoms with Crippen molar-refractivity contribution in [2.75, 3.05) is 13.6 Å². The Hall–Kier alpha value is -2.34. The topological polar surface area (TPSA) is 54.2 Å². The van der Waals surface area contributed by atoms with Crippen LogP contribution in [-0.4, -0.2) is 29.1 Å². The van der Waals surface area contributed by atoms with E-state index in [9.17, 15) is 0 Å². The molecule has 0 radical (unpaired) electrons. The highest BCUT2D eigenvalue weighted by atomic mass is 32.1. The largest absolute Gasteiger partial charge is 0.356 e. The molecule has 2 aromatic heterocycles. The molecule has 0 atom stereocenters. The second-order valence-corrected chi connectivity index (χ2v) is 7.02. The van der Waals surface area contributed by atoms with Crippen LogP contribution in [0.2, 0.25) is 0 Å². The number of aliphatic imine (C=N–C) groups is 1. The lowest BCUT2D eigenvalue weighted by molar-refractivity contribution is 0.637. The van der Waals surface area contributed by atoms with Gasteiger partial charge in [-0.25, -0.2) is 4.98 Å². The molecule has 24 heavy (non-hydrogen) atoms. The minimum atomic E-state index is 0.810. The molecule has 0 amide bonds. The first-order valence-corrected chi connectivity index (χ1v) is 8.97. The van der Waals surface area contributed by atoms with E-state index in [1.54, 1.807) is 7.05 Å². The molecule has 0 bridgehead atoms. The maximum atomic E-state index is 4.42. The van der Waals surface area contributed by atoms with Crippen molar-refractivity contribution in [2.45, 2.75) is 26.4 Å². The molecule has 0 fully saturated rings. The van der Waals surface area contributed by atoms with E-state index >= 15 is 0 Å². The summed E-state index contributed by atoms with van der Waals surface area (Å²) in [6.07, 6.45) is 2.93. The number of benzene rings is 1. The smallest absolute Gasteiger partial charge is 0.191 e. The lowest BCUT2D eigenvalue weighted by Crippen LogP contribution is -2.37. The van der Waals surface area contributed by atoms with Gasteiger partial charge in [0.15, 0.2) is 5.96 Å². The minimum absolute atomic E-state index is 0.810. The first-order chi connectivity index (χ1) is 11.8. The van der Waals surface area contributed by atoms with Gasteiger partial charge in [0.1, 0.15) is 0 Å². The molecule has 0 saturated heterocycles. The molecule has 0 aliphatic heterocycles. The van der Waals surface area contributed by atoms with Crippen LogP contribution in [0.15, 0.2) is 47.7 Å². The molecule has 3 aromatic rings. The van der Waals surface area contributed by atoms with Crippen LogP contribution in [0.1, 0.15) is 16.2 Å². The van der Waals surface area contributed by atoms with Crippen molar-refractivity contribution in [3.63, 3.8) is 0 Å². The number of imidazole rings is 1. The molecule has 2 heterocycles. The number of nitrogens with one attached hydrogen (secondary N) is 2. The number of rotatable bonds is 6. The van der Waals surface area contributed by atoms with Crippen molar-refractivity contribution < 1.29 is 0 Å². The predicted octanol–water partition coefficient (Wildman–Crippen LogP) is 3.16. The zero-order valence-corrected chi connectivity index (χ0v) is 14.9. The number of thiophene rings is 1. The van der Waals surface area contributed by atoms with Crippen LogP contribution in [0.25, 0.3) is 11.0 Å². The third-order valence-electron chi connectivity index (χ3n) is 3.85. The summed E-state index contributed by atoms with van der Waals surface area (Å²) in [5.74, 6) is 0.844. The number of fused-ring (bicyclic) bond motifs is 1. The summed E-state index contributed by atoms with van der Waals surface area (Å²) in [6, 6.07) is 12.5. The molecule has 5 nitrogen and oxygen atoms in total. The van der Waals surface area contributed by atoms with Gasteiger partial charge in [-0.2, -0.15) is 0 Å². The van der Waals surface area contributed by atoms with E-state index in [0.717, 1.165) is 37.5 Å². The standard InChI is InChI=1S/C18H23N5S/c1-14-8-9-15(24-14)12-21-18(19-2)20-10-5-11-23-13-22-16-6-3-4-7-17(16)23/h3-4,6-9,13H,5,10-12H2,1-2H3,(H2,19,20,21). The first-order valence-electron chi connectivity index (χ1n) is 8.16. The zero-order chi connectivity index (χ0) is 16.8. The molecule has 1 aromatic carbocycles. The molecule has 6 heteroatoms. The Labute approximate surface area is 146 Å². The molecular formula is C18H23N5S. The van der Waals surface area contributed by atoms with E-state index in [1.807, 2.05) is 29.8 Å². The molecule has 3 rings (SSSR count). The highest BCUT2D eigenvalue weighted by Crippen LogP contribution is 2.14. The Morgan fingerprint density at radius 3 is 2.88 bits per heavy atom. The number of guanidine groups is 1. The van der Waals surface area contributed by atoms with Crippen molar-refractivity contribution in [3.8, 4) is 0 Å². The van der Waals surface area contributed by atoms with Crippen LogP contribution in [0.3, 0.4) is 0 Å². The highest BCUT2D eigenvalue weighted by Gasteiger charge is 2.02. The molecule has 0 saturated carbocycles. The summed E-state index contributed by atoms with van der Waals surface area (Å²) in [5.41, 5.74) is 2.24. The van der Waals surface area contributed by atoms with Crippen LogP contribution < -0.4 is 10.6 Å². The molecule has 0 unspecified atom stereocenters. The summed E-state index contributed by atoms with van der Waals surface area (Å²) in [6.45, 7) is 4.75. The molecule has 0 aliphatic carbocycles. The Morgan fingerprint density at radius 1 is 1.21 bits per heavy atom. The summed E-state index contributed by atoms with van der Waals surface area (Å²) in [5, 5.41) is 6.72. The quantitative estimate of drug-likeness (QED) is 0.411. The van der Waals surface area contributed by atoms with Gasteiger partial charge in [0.2, 0.25) is 0 Å². The van der Waals surface area contributed by atoms with Gasteiger partial charge in [-0.3, -0.25) is 4.99 Å². The van der Waals surface area contributed by atoms with Gasteiger partial charge in [0.05, 0.1) is 23.9 Å². The summed E-state index contributed by atoms with van der Waals surface area (Å²) in [7, 11) is 1.80. The summed E-state index contributed by atoms with van der Waals surface area (Å²) < 4.78 is 2.20. The molecule has 126 valence electrons. The third kappa shape index (κ3) is 4.14. The second kappa shape index (κ2) is 7.97. The van der Waals surface area contributed by atoms with Crippen molar-refractivity contribution in [2.24, 2.45) is 4.99 Å². The van der Waals surface area contributed by atoms with Crippen LogP contribution in [0.5, 0.6) is 0 Å². The van der Waals surface area contributed by atoms with Gasteiger partial charge >= 0.3 is 0 Å². The van der Waals surface area contributed by atoms with Gasteiger partial charge in [-0.05, 0) is 37.6 Å². The van der Waals surface area contributed by atoms with E-state index in [2.05, 4.69) is 56.4 Å². The molecule has 0 aliphatic rings. The lowest BCUT2D eigenvalue weighted by Gasteiger charge is -2.11. The maximum Gasteiger partial charge on any atom is 0.191 e. The highest BCUT2D eigenvalue weighted by molar-refractivity contribution is 7.11. The van der Waals surface area contributed by atoms with E-state index in [1.165, 1.54) is 15.3 Å². The average molecular weight is 341 g/mol. The fraction of sp³-hybridized carbons (Fsp3) is 0.333. The number of nitrogens with zero attached hydrogens (tertiary/aromatic N) is 3. The molecule has 0 spiro atoms. The van der Waals surface area contributed by atoms with Crippen molar-refractivity contribution in [1.82, 2.24) is 20.2 Å². The Balaban J connectivity index is 1.43. The van der Waals surface area contributed by atoms with Crippen LogP contribution >= 0.6 is 11.3 Å². The van der Waals surface area contributed by atoms with Crippen molar-refractivity contribution in [3.05, 3.63) is 52.5 Å². The maximum absolute atomic E-state index is 4.42. The lowest BCUT2D eigenvalue weighted by atomic mass is 10.3. The zero-order valence-electron chi connectivity index (χ0n) is 14.1. The van der Waals surface area contributed by atoms with E-state index in [-0.39, 0.29) is 0 Å². The number of aromatic nitrogens is 2. The second-order valence-electron chi connectivity index (χ2n) is 5.65. The number of hydrogen-bond donors (Lipinski definition) is 2. The summed E-state index contributed by atoms with van der Waals surface area (Å²) in [4.78, 5) is 11.4. The first kappa shape index (κ1) is 16.5. The van der Waals surface area contributed by atoms with Crippen molar-refractivity contribution >= 4 is 28.3 Å². The van der Waals surface area contributed by atoms with Crippen molar-refractivity contribution in [1.29, 1.82) is 0 Å². The number of para-hydroxylation sites is 2. The van der Waals surface area contributed by atoms with Crippen LogP contribution in [0, 0.1) is 6.92 Å². The number of aryl methyl sites for hydroxylation is 2. The Bertz CT molecular complexity index is 818. The Kier molecular flexibility index (Phi) is 5.48. The normalized spacial score (nSPS) is 11.8. The van der Waals surface area contributed by atoms with E-state index in [0.29, 0.717) is 0 Å². The van der Waals surface area contributed by atoms with Gasteiger partial charge in [0, 0.05) is 29.9 Å². The average Bonchev–Trinajstić information content (AvgIpc) is 3.20. The molecule has 2 N–H and O–H groups in total. The predicted molar refractivity (Wildman–Crippen MR) is 102 cm³/mol. The van der Waals surface area contributed by atoms with Crippen LogP contribution in [0.4, 0.5) is 0 Å². The SMILES string of the molecule is CN=C(NCCCn1cnc2ccccc21)NCc1ccc(C)s1. The third-order valence-corrected chi connectivity index (χ3v) is 4.85. The van der Waals surface area contributed by atoms with Crippen LogP contribution in [-0.2, 0) is 13.1 Å². The summed E-state index contributed by atoms with van der Waals surface area (Å²) >= 11 is 1.81. The fourth-order valence-corrected chi connectivity index (χ4v) is 3.45. The van der Waals surface area contributed by atoms with Gasteiger partial charge < -0.3 is 15.2 Å². The fourth-order valence-electron chi connectivity index (χ4n) is 2.62. The van der Waals surface area contributed by atoms with Gasteiger partial charge in [-0.15, -0.1) is 11.3 Å². The number of hydrogen-bond acceptors (Lipinski definition) is 3. The Morgan fingerprint density at radius 2 is 2.08 bits per heavy atom. The monoisotopic (exact) mass is 341 g/mol. The van der Waals surface area contributed by atoms with Gasteiger partial charge in [-0.1, -0.05) is 12.1 Å². The minimum Gasteiger partial charge on any atom is -0.356 e.